The number of nitrogens with zero attached hydrogens (tertiary/aromatic N) is 6. The number of morpholine rings is 1. The van der Waals surface area contributed by atoms with E-state index in [9.17, 15) is 13.2 Å². The Morgan fingerprint density at radius 2 is 1.82 bits per heavy atom. The molecule has 3 heterocycles. The number of anilines is 2. The van der Waals surface area contributed by atoms with Gasteiger partial charge < -0.3 is 14.5 Å². The van der Waals surface area contributed by atoms with Crippen molar-refractivity contribution in [2.24, 2.45) is 4.99 Å². The highest BCUT2D eigenvalue weighted by Crippen LogP contribution is 2.35. The molecule has 0 unspecified atom stereocenters. The first-order valence-corrected chi connectivity index (χ1v) is 10.5. The fourth-order valence-electron chi connectivity index (χ4n) is 3.54. The Bertz CT molecular complexity index is 1190. The number of ether oxygens (including phenoxy) is 1. The summed E-state index contributed by atoms with van der Waals surface area (Å²) in [5, 5.41) is 0. The van der Waals surface area contributed by atoms with E-state index in [1.165, 1.54) is 11.0 Å². The van der Waals surface area contributed by atoms with Gasteiger partial charge in [0, 0.05) is 43.8 Å². The molecule has 10 heteroatoms. The Morgan fingerprint density at radius 3 is 2.47 bits per heavy atom. The minimum Gasteiger partial charge on any atom is -0.378 e. The van der Waals surface area contributed by atoms with Gasteiger partial charge in [0.1, 0.15) is 5.69 Å². The summed E-state index contributed by atoms with van der Waals surface area (Å²) in [7, 11) is 1.62. The highest BCUT2D eigenvalue weighted by atomic mass is 19.4. The SMILES string of the molecule is C=Nc1ccc(-c2cnc(N3CCOCC3)nc2)nc1C(=C)N(C)c1cccc(C(F)(F)F)c1. The second-order valence-corrected chi connectivity index (χ2v) is 7.65. The zero-order chi connectivity index (χ0) is 24.3. The van der Waals surface area contributed by atoms with Gasteiger partial charge in [-0.3, -0.25) is 4.99 Å². The van der Waals surface area contributed by atoms with Crippen molar-refractivity contribution < 1.29 is 17.9 Å². The van der Waals surface area contributed by atoms with E-state index in [1.807, 2.05) is 4.90 Å². The molecule has 0 aliphatic carbocycles. The molecule has 0 saturated carbocycles. The lowest BCUT2D eigenvalue weighted by atomic mass is 10.1. The van der Waals surface area contributed by atoms with Gasteiger partial charge in [0.15, 0.2) is 0 Å². The highest BCUT2D eigenvalue weighted by Gasteiger charge is 2.31. The van der Waals surface area contributed by atoms with Crippen LogP contribution < -0.4 is 9.80 Å². The molecule has 0 amide bonds. The topological polar surface area (TPSA) is 66.7 Å². The fourth-order valence-corrected chi connectivity index (χ4v) is 3.54. The lowest BCUT2D eigenvalue weighted by Gasteiger charge is -2.26. The lowest BCUT2D eigenvalue weighted by molar-refractivity contribution is -0.137. The molecule has 7 nitrogen and oxygen atoms in total. The Morgan fingerprint density at radius 1 is 1.12 bits per heavy atom. The van der Waals surface area contributed by atoms with Gasteiger partial charge in [-0.15, -0.1) is 0 Å². The van der Waals surface area contributed by atoms with Crippen LogP contribution in [-0.2, 0) is 10.9 Å². The van der Waals surface area contributed by atoms with Gasteiger partial charge in [-0.05, 0) is 37.0 Å². The van der Waals surface area contributed by atoms with Crippen molar-refractivity contribution >= 4 is 29.7 Å². The van der Waals surface area contributed by atoms with Crippen molar-refractivity contribution in [3.63, 3.8) is 0 Å². The van der Waals surface area contributed by atoms with Gasteiger partial charge >= 0.3 is 6.18 Å². The van der Waals surface area contributed by atoms with Gasteiger partial charge in [-0.2, -0.15) is 13.2 Å². The minimum absolute atomic E-state index is 0.320. The summed E-state index contributed by atoms with van der Waals surface area (Å²) >= 11 is 0. The van der Waals surface area contributed by atoms with Crippen molar-refractivity contribution in [2.75, 3.05) is 43.2 Å². The minimum atomic E-state index is -4.45. The third-order valence-corrected chi connectivity index (χ3v) is 5.51. The second-order valence-electron chi connectivity index (χ2n) is 7.65. The van der Waals surface area contributed by atoms with Gasteiger partial charge in [0.25, 0.3) is 0 Å². The van der Waals surface area contributed by atoms with E-state index in [4.69, 9.17) is 4.74 Å². The monoisotopic (exact) mass is 468 g/mol. The number of halogens is 3. The summed E-state index contributed by atoms with van der Waals surface area (Å²) in [5.41, 5.74) is 2.06. The second kappa shape index (κ2) is 9.60. The first kappa shape index (κ1) is 23.4. The molecule has 0 bridgehead atoms. The smallest absolute Gasteiger partial charge is 0.378 e. The molecular formula is C24H23F3N6O. The molecule has 0 radical (unpaired) electrons. The largest absolute Gasteiger partial charge is 0.416 e. The van der Waals surface area contributed by atoms with Crippen LogP contribution in [0, 0.1) is 0 Å². The van der Waals surface area contributed by atoms with Gasteiger partial charge in [-0.1, -0.05) is 12.6 Å². The van der Waals surface area contributed by atoms with Gasteiger partial charge in [0.2, 0.25) is 5.95 Å². The fraction of sp³-hybridized carbons (Fsp3) is 0.250. The molecule has 34 heavy (non-hydrogen) atoms. The van der Waals surface area contributed by atoms with Crippen LogP contribution in [0.1, 0.15) is 11.3 Å². The molecule has 2 aromatic heterocycles. The van der Waals surface area contributed by atoms with E-state index >= 15 is 0 Å². The Balaban J connectivity index is 1.62. The number of hydrogen-bond donors (Lipinski definition) is 0. The molecule has 1 fully saturated rings. The van der Waals surface area contributed by atoms with Crippen LogP contribution in [0.4, 0.5) is 30.5 Å². The Labute approximate surface area is 195 Å². The summed E-state index contributed by atoms with van der Waals surface area (Å²) in [4.78, 5) is 21.2. The maximum atomic E-state index is 13.2. The van der Waals surface area contributed by atoms with E-state index in [2.05, 4.69) is 33.2 Å². The molecule has 1 aliphatic heterocycles. The highest BCUT2D eigenvalue weighted by molar-refractivity contribution is 5.82. The van der Waals surface area contributed by atoms with Crippen LogP contribution in [0.2, 0.25) is 0 Å². The molecule has 1 aliphatic rings. The molecule has 0 spiro atoms. The Kier molecular flexibility index (Phi) is 6.60. The van der Waals surface area contributed by atoms with Gasteiger partial charge in [-0.25, -0.2) is 15.0 Å². The molecule has 1 aromatic carbocycles. The predicted octanol–water partition coefficient (Wildman–Crippen LogP) is 4.83. The predicted molar refractivity (Wildman–Crippen MR) is 126 cm³/mol. The van der Waals surface area contributed by atoms with Crippen LogP contribution in [0.3, 0.4) is 0 Å². The summed E-state index contributed by atoms with van der Waals surface area (Å²) in [6, 6.07) is 8.50. The zero-order valence-electron chi connectivity index (χ0n) is 18.6. The van der Waals surface area contributed by atoms with Crippen molar-refractivity contribution in [3.05, 3.63) is 66.6 Å². The first-order chi connectivity index (χ1) is 16.3. The number of aliphatic imine (C=N–C) groups is 1. The summed E-state index contributed by atoms with van der Waals surface area (Å²) in [6.07, 6.45) is -1.08. The lowest BCUT2D eigenvalue weighted by Crippen LogP contribution is -2.37. The molecular weight excluding hydrogens is 445 g/mol. The number of pyridine rings is 1. The third-order valence-electron chi connectivity index (χ3n) is 5.51. The summed E-state index contributed by atoms with van der Waals surface area (Å²) < 4.78 is 44.8. The van der Waals surface area contributed by atoms with E-state index in [0.717, 1.165) is 25.2 Å². The summed E-state index contributed by atoms with van der Waals surface area (Å²) in [6.45, 7) is 10.4. The maximum Gasteiger partial charge on any atom is 0.416 e. The van der Waals surface area contributed by atoms with Crippen LogP contribution in [0.25, 0.3) is 17.0 Å². The van der Waals surface area contributed by atoms with E-state index < -0.39 is 11.7 Å². The van der Waals surface area contributed by atoms with Crippen LogP contribution in [0.5, 0.6) is 0 Å². The molecule has 3 aromatic rings. The zero-order valence-corrected chi connectivity index (χ0v) is 18.6. The average molecular weight is 468 g/mol. The van der Waals surface area contributed by atoms with E-state index in [-0.39, 0.29) is 0 Å². The molecule has 1 saturated heterocycles. The molecule has 4 rings (SSSR count). The van der Waals surface area contributed by atoms with Gasteiger partial charge in [0.05, 0.1) is 35.9 Å². The number of benzene rings is 1. The number of hydrogen-bond acceptors (Lipinski definition) is 7. The molecule has 0 atom stereocenters. The first-order valence-electron chi connectivity index (χ1n) is 10.5. The van der Waals surface area contributed by atoms with Crippen molar-refractivity contribution in [3.8, 4) is 11.3 Å². The van der Waals surface area contributed by atoms with E-state index in [1.54, 1.807) is 37.6 Å². The maximum absolute atomic E-state index is 13.2. The van der Waals surface area contributed by atoms with Crippen LogP contribution in [-0.4, -0.2) is 55.0 Å². The third kappa shape index (κ3) is 4.91. The van der Waals surface area contributed by atoms with Crippen LogP contribution >= 0.6 is 0 Å². The number of alkyl halides is 3. The van der Waals surface area contributed by atoms with Crippen LogP contribution in [0.15, 0.2) is 60.4 Å². The van der Waals surface area contributed by atoms with E-state index in [0.29, 0.717) is 53.2 Å². The Hall–Kier alpha value is -3.79. The summed E-state index contributed by atoms with van der Waals surface area (Å²) in [5.74, 6) is 0.616. The van der Waals surface area contributed by atoms with Crippen molar-refractivity contribution in [1.82, 2.24) is 15.0 Å². The van der Waals surface area contributed by atoms with Crippen molar-refractivity contribution in [2.45, 2.75) is 6.18 Å². The normalized spacial score (nSPS) is 14.1. The quantitative estimate of drug-likeness (QED) is 0.483. The molecule has 176 valence electrons. The number of rotatable bonds is 6. The number of aromatic nitrogens is 3. The average Bonchev–Trinajstić information content (AvgIpc) is 2.87. The molecule has 0 N–H and O–H groups in total. The van der Waals surface area contributed by atoms with Crippen molar-refractivity contribution in [1.29, 1.82) is 0 Å². The standard InChI is InChI=1S/C24H23F3N6O/c1-16(32(3)19-6-4-5-18(13-19)24(25,26)27)22-21(28-2)8-7-20(31-22)17-14-29-23(30-15-17)33-9-11-34-12-10-33/h4-8,13-15H,1-2,9-12H2,3H3.